The second kappa shape index (κ2) is 5.57. The molecule has 2 aromatic rings. The zero-order valence-electron chi connectivity index (χ0n) is 10.0. The molecule has 6 heteroatoms. The van der Waals surface area contributed by atoms with E-state index in [2.05, 4.69) is 27.3 Å². The fourth-order valence-electron chi connectivity index (χ4n) is 1.58. The number of aromatic nitrogens is 2. The van der Waals surface area contributed by atoms with E-state index in [4.69, 9.17) is 5.73 Å². The second-order valence-electron chi connectivity index (χ2n) is 4.02. The van der Waals surface area contributed by atoms with E-state index >= 15 is 0 Å². The van der Waals surface area contributed by atoms with Gasteiger partial charge in [0.15, 0.2) is 5.13 Å². The number of rotatable bonds is 5. The van der Waals surface area contributed by atoms with Crippen LogP contribution in [0.25, 0.3) is 0 Å². The van der Waals surface area contributed by atoms with Gasteiger partial charge in [-0.25, -0.2) is 9.97 Å². The molecular formula is C11H16N4S2. The van der Waals surface area contributed by atoms with Gasteiger partial charge < -0.3 is 10.6 Å². The maximum absolute atomic E-state index is 5.60. The highest BCUT2D eigenvalue weighted by molar-refractivity contribution is 7.13. The van der Waals surface area contributed by atoms with Crippen molar-refractivity contribution in [1.29, 1.82) is 0 Å². The first-order valence-electron chi connectivity index (χ1n) is 5.43. The molecule has 0 atom stereocenters. The molecule has 0 radical (unpaired) electrons. The first-order valence-corrected chi connectivity index (χ1v) is 7.19. The van der Waals surface area contributed by atoms with Crippen LogP contribution in [-0.4, -0.2) is 28.5 Å². The van der Waals surface area contributed by atoms with Gasteiger partial charge in [0, 0.05) is 30.3 Å². The van der Waals surface area contributed by atoms with Crippen LogP contribution in [0.4, 0.5) is 5.13 Å². The van der Waals surface area contributed by atoms with Crippen molar-refractivity contribution in [3.63, 3.8) is 0 Å². The molecule has 0 saturated heterocycles. The lowest BCUT2D eigenvalue weighted by atomic mass is 10.3. The van der Waals surface area contributed by atoms with Crippen molar-refractivity contribution in [3.8, 4) is 0 Å². The predicted octanol–water partition coefficient (Wildman–Crippen LogP) is 2.16. The number of nitrogens with two attached hydrogens (primary N) is 1. The highest BCUT2D eigenvalue weighted by atomic mass is 32.1. The summed E-state index contributed by atoms with van der Waals surface area (Å²) in [6.45, 7) is 3.90. The van der Waals surface area contributed by atoms with Crippen LogP contribution in [-0.2, 0) is 13.0 Å². The maximum atomic E-state index is 5.60. The average Bonchev–Trinajstić information content (AvgIpc) is 2.85. The van der Waals surface area contributed by atoms with E-state index in [1.807, 2.05) is 12.3 Å². The first-order chi connectivity index (χ1) is 8.13. The van der Waals surface area contributed by atoms with E-state index in [-0.39, 0.29) is 0 Å². The van der Waals surface area contributed by atoms with Crippen LogP contribution in [0.1, 0.15) is 16.4 Å². The lowest BCUT2D eigenvalue weighted by Gasteiger charge is -2.14. The van der Waals surface area contributed by atoms with Crippen LogP contribution in [0.2, 0.25) is 0 Å². The molecule has 0 amide bonds. The quantitative estimate of drug-likeness (QED) is 0.903. The molecular weight excluding hydrogens is 252 g/mol. The van der Waals surface area contributed by atoms with Gasteiger partial charge in [-0.1, -0.05) is 0 Å². The van der Waals surface area contributed by atoms with Gasteiger partial charge in [-0.2, -0.15) is 0 Å². The molecule has 0 aliphatic rings. The topological polar surface area (TPSA) is 55.0 Å². The molecule has 2 heterocycles. The SMILES string of the molecule is Cc1nc(CN(C)CCc2csc(N)n2)cs1. The summed E-state index contributed by atoms with van der Waals surface area (Å²) in [5, 5.41) is 5.92. The molecule has 2 rings (SSSR count). The molecule has 0 bridgehead atoms. The molecule has 0 saturated carbocycles. The summed E-state index contributed by atoms with van der Waals surface area (Å²) in [4.78, 5) is 11.0. The number of hydrogen-bond acceptors (Lipinski definition) is 6. The Labute approximate surface area is 109 Å². The van der Waals surface area contributed by atoms with Gasteiger partial charge in [-0.15, -0.1) is 22.7 Å². The number of likely N-dealkylation sites (N-methyl/N-ethyl adjacent to an activating group) is 1. The molecule has 0 aliphatic carbocycles. The summed E-state index contributed by atoms with van der Waals surface area (Å²) >= 11 is 3.20. The van der Waals surface area contributed by atoms with Crippen LogP contribution in [0.5, 0.6) is 0 Å². The molecule has 0 fully saturated rings. The normalized spacial score (nSPS) is 11.2. The van der Waals surface area contributed by atoms with Gasteiger partial charge in [0.2, 0.25) is 0 Å². The highest BCUT2D eigenvalue weighted by Crippen LogP contribution is 2.13. The third kappa shape index (κ3) is 3.76. The maximum Gasteiger partial charge on any atom is 0.180 e. The molecule has 0 aliphatic heterocycles. The van der Waals surface area contributed by atoms with Crippen LogP contribution in [0.3, 0.4) is 0 Å². The largest absolute Gasteiger partial charge is 0.375 e. The number of nitrogen functional groups attached to an aromatic ring is 1. The average molecular weight is 268 g/mol. The third-order valence-electron chi connectivity index (χ3n) is 2.42. The Kier molecular flexibility index (Phi) is 4.09. The molecule has 0 unspecified atom stereocenters. The van der Waals surface area contributed by atoms with Crippen molar-refractivity contribution < 1.29 is 0 Å². The van der Waals surface area contributed by atoms with Crippen molar-refractivity contribution in [2.45, 2.75) is 19.9 Å². The van der Waals surface area contributed by atoms with E-state index in [1.54, 1.807) is 11.3 Å². The summed E-state index contributed by atoms with van der Waals surface area (Å²) in [5.74, 6) is 0. The number of thiazole rings is 2. The Morgan fingerprint density at radius 3 is 2.59 bits per heavy atom. The number of hydrogen-bond donors (Lipinski definition) is 1. The smallest absolute Gasteiger partial charge is 0.180 e. The minimum absolute atomic E-state index is 0.651. The fraction of sp³-hybridized carbons (Fsp3) is 0.455. The molecule has 0 aromatic carbocycles. The Balaban J connectivity index is 1.79. The van der Waals surface area contributed by atoms with E-state index in [9.17, 15) is 0 Å². The summed E-state index contributed by atoms with van der Waals surface area (Å²) in [5.41, 5.74) is 7.82. The van der Waals surface area contributed by atoms with Crippen molar-refractivity contribution in [2.75, 3.05) is 19.3 Å². The Bertz CT molecular complexity index is 477. The number of aryl methyl sites for hydroxylation is 1. The summed E-state index contributed by atoms with van der Waals surface area (Å²) in [6, 6.07) is 0. The summed E-state index contributed by atoms with van der Waals surface area (Å²) in [7, 11) is 2.10. The van der Waals surface area contributed by atoms with Gasteiger partial charge in [-0.3, -0.25) is 0 Å². The Morgan fingerprint density at radius 2 is 2.00 bits per heavy atom. The first kappa shape index (κ1) is 12.5. The number of anilines is 1. The van der Waals surface area contributed by atoms with E-state index in [0.717, 1.165) is 35.9 Å². The van der Waals surface area contributed by atoms with E-state index in [1.165, 1.54) is 11.3 Å². The second-order valence-corrected chi connectivity index (χ2v) is 5.97. The minimum atomic E-state index is 0.651. The number of nitrogens with zero attached hydrogens (tertiary/aromatic N) is 3. The monoisotopic (exact) mass is 268 g/mol. The van der Waals surface area contributed by atoms with Crippen molar-refractivity contribution in [3.05, 3.63) is 27.2 Å². The van der Waals surface area contributed by atoms with E-state index < -0.39 is 0 Å². The molecule has 0 spiro atoms. The molecule has 92 valence electrons. The zero-order chi connectivity index (χ0) is 12.3. The molecule has 2 aromatic heterocycles. The van der Waals surface area contributed by atoms with Crippen molar-refractivity contribution in [2.24, 2.45) is 0 Å². The summed E-state index contributed by atoms with van der Waals surface area (Å²) < 4.78 is 0. The van der Waals surface area contributed by atoms with Crippen LogP contribution in [0.15, 0.2) is 10.8 Å². The molecule has 2 N–H and O–H groups in total. The summed E-state index contributed by atoms with van der Waals surface area (Å²) in [6.07, 6.45) is 0.938. The van der Waals surface area contributed by atoms with Gasteiger partial charge in [-0.05, 0) is 14.0 Å². The minimum Gasteiger partial charge on any atom is -0.375 e. The standard InChI is InChI=1S/C11H16N4S2/c1-8-13-10(7-16-8)5-15(2)4-3-9-6-17-11(12)14-9/h6-7H,3-5H2,1-2H3,(H2,12,14). The molecule has 4 nitrogen and oxygen atoms in total. The van der Waals surface area contributed by atoms with Gasteiger partial charge in [0.05, 0.1) is 16.4 Å². The van der Waals surface area contributed by atoms with Gasteiger partial charge in [0.25, 0.3) is 0 Å². The highest BCUT2D eigenvalue weighted by Gasteiger charge is 2.05. The lowest BCUT2D eigenvalue weighted by molar-refractivity contribution is 0.327. The molecule has 17 heavy (non-hydrogen) atoms. The lowest BCUT2D eigenvalue weighted by Crippen LogP contribution is -2.21. The third-order valence-corrected chi connectivity index (χ3v) is 3.96. The van der Waals surface area contributed by atoms with Crippen LogP contribution in [0, 0.1) is 6.92 Å². The zero-order valence-corrected chi connectivity index (χ0v) is 11.6. The van der Waals surface area contributed by atoms with Crippen LogP contribution < -0.4 is 5.73 Å². The predicted molar refractivity (Wildman–Crippen MR) is 73.4 cm³/mol. The van der Waals surface area contributed by atoms with Gasteiger partial charge in [0.1, 0.15) is 0 Å². The van der Waals surface area contributed by atoms with Crippen LogP contribution >= 0.6 is 22.7 Å². The van der Waals surface area contributed by atoms with E-state index in [0.29, 0.717) is 5.13 Å². The Morgan fingerprint density at radius 1 is 1.24 bits per heavy atom. The fourth-order valence-corrected chi connectivity index (χ4v) is 2.78. The van der Waals surface area contributed by atoms with Crippen molar-refractivity contribution >= 4 is 27.8 Å². The van der Waals surface area contributed by atoms with Gasteiger partial charge >= 0.3 is 0 Å². The Hall–Kier alpha value is -0.980. The van der Waals surface area contributed by atoms with Crippen molar-refractivity contribution in [1.82, 2.24) is 14.9 Å².